The summed E-state index contributed by atoms with van der Waals surface area (Å²) in [6, 6.07) is 10.8. The molecule has 4 bridgehead atoms. The minimum atomic E-state index is -0.250. The van der Waals surface area contributed by atoms with Crippen molar-refractivity contribution in [2.45, 2.75) is 38.0 Å². The summed E-state index contributed by atoms with van der Waals surface area (Å²) in [6.07, 6.45) is 1.37. The molecule has 190 valence electrons. The van der Waals surface area contributed by atoms with Crippen LogP contribution in [0.5, 0.6) is 23.0 Å². The second-order valence-electron chi connectivity index (χ2n) is 8.35. The van der Waals surface area contributed by atoms with Crippen molar-refractivity contribution in [3.05, 3.63) is 47.5 Å². The Kier molecular flexibility index (Phi) is 9.45. The zero-order valence-electron chi connectivity index (χ0n) is 19.9. The fourth-order valence-electron chi connectivity index (χ4n) is 4.16. The van der Waals surface area contributed by atoms with E-state index in [1.54, 1.807) is 20.3 Å². The average Bonchev–Trinajstić information content (AvgIpc) is 2.86. The first-order valence-corrected chi connectivity index (χ1v) is 11.5. The Hall–Kier alpha value is -3.17. The number of aryl methyl sites for hydroxylation is 1. The number of piperidine rings is 1. The van der Waals surface area contributed by atoms with Crippen LogP contribution < -0.4 is 34.9 Å². The van der Waals surface area contributed by atoms with E-state index in [-0.39, 0.29) is 43.0 Å². The highest BCUT2D eigenvalue weighted by atomic mass is 35.5. The first-order valence-electron chi connectivity index (χ1n) is 11.5. The Morgan fingerprint density at radius 2 is 1.80 bits per heavy atom. The summed E-state index contributed by atoms with van der Waals surface area (Å²) in [7, 11) is 3.14. The highest BCUT2D eigenvalue weighted by molar-refractivity contribution is 5.85. The van der Waals surface area contributed by atoms with E-state index >= 15 is 0 Å². The highest BCUT2D eigenvalue weighted by Gasteiger charge is 2.28. The lowest BCUT2D eigenvalue weighted by atomic mass is 10.0. The van der Waals surface area contributed by atoms with Gasteiger partial charge in [-0.15, -0.1) is 12.4 Å². The molecule has 0 unspecified atom stereocenters. The van der Waals surface area contributed by atoms with Gasteiger partial charge in [-0.3, -0.25) is 9.59 Å². The van der Waals surface area contributed by atoms with Crippen molar-refractivity contribution in [3.63, 3.8) is 0 Å². The number of rotatable bonds is 2. The number of carbonyl (C=O) groups excluding carboxylic acids is 2. The van der Waals surface area contributed by atoms with Gasteiger partial charge in [-0.25, -0.2) is 0 Å². The van der Waals surface area contributed by atoms with Crippen LogP contribution in [0.1, 0.15) is 24.0 Å². The maximum Gasteiger partial charge on any atom is 0.258 e. The molecule has 0 aliphatic carbocycles. The summed E-state index contributed by atoms with van der Waals surface area (Å²) in [5, 5.41) is 9.28. The number of ether oxygens (including phenoxy) is 4. The monoisotopic (exact) mass is 505 g/mol. The molecular weight excluding hydrogens is 474 g/mol. The molecule has 3 aliphatic rings. The third-order valence-corrected chi connectivity index (χ3v) is 6.01. The van der Waals surface area contributed by atoms with Crippen LogP contribution in [-0.4, -0.2) is 57.9 Å². The predicted octanol–water partition coefficient (Wildman–Crippen LogP) is 1.99. The Morgan fingerprint density at radius 1 is 0.971 bits per heavy atom. The summed E-state index contributed by atoms with van der Waals surface area (Å²) in [5.41, 5.74) is 1.77. The lowest BCUT2D eigenvalue weighted by Crippen LogP contribution is -2.56. The third kappa shape index (κ3) is 6.93. The average molecular weight is 506 g/mol. The van der Waals surface area contributed by atoms with E-state index in [9.17, 15) is 9.59 Å². The molecule has 2 aromatic rings. The van der Waals surface area contributed by atoms with Crippen LogP contribution >= 0.6 is 12.4 Å². The zero-order chi connectivity index (χ0) is 23.9. The third-order valence-electron chi connectivity index (χ3n) is 6.01. The summed E-state index contributed by atoms with van der Waals surface area (Å²) in [6.45, 7) is 1.58. The number of halogens is 1. The van der Waals surface area contributed by atoms with Crippen molar-refractivity contribution in [2.24, 2.45) is 0 Å². The van der Waals surface area contributed by atoms with Gasteiger partial charge >= 0.3 is 0 Å². The second kappa shape index (κ2) is 12.5. The van der Waals surface area contributed by atoms with E-state index in [1.165, 1.54) is 0 Å². The molecular formula is C25H32ClN3O6. The van der Waals surface area contributed by atoms with Gasteiger partial charge < -0.3 is 34.9 Å². The van der Waals surface area contributed by atoms with Gasteiger partial charge in [-0.2, -0.15) is 0 Å². The van der Waals surface area contributed by atoms with Crippen molar-refractivity contribution >= 4 is 24.2 Å². The normalized spacial score (nSPS) is 20.7. The number of hydrogen-bond donors (Lipinski definition) is 3. The van der Waals surface area contributed by atoms with E-state index in [4.69, 9.17) is 18.9 Å². The molecule has 2 aromatic carbocycles. The summed E-state index contributed by atoms with van der Waals surface area (Å²) < 4.78 is 22.9. The first kappa shape index (κ1) is 26.4. The molecule has 0 aromatic heterocycles. The second-order valence-corrected chi connectivity index (χ2v) is 8.35. The number of benzene rings is 2. The number of amides is 2. The molecule has 1 saturated heterocycles. The van der Waals surface area contributed by atoms with Gasteiger partial charge in [-0.1, -0.05) is 6.07 Å². The molecule has 3 aliphatic heterocycles. The largest absolute Gasteiger partial charge is 0.496 e. The molecule has 0 radical (unpaired) electrons. The molecule has 5 rings (SSSR count). The summed E-state index contributed by atoms with van der Waals surface area (Å²) in [4.78, 5) is 25.2. The molecule has 0 spiro atoms. The van der Waals surface area contributed by atoms with E-state index in [0.717, 1.165) is 24.1 Å². The quantitative estimate of drug-likeness (QED) is 0.573. The van der Waals surface area contributed by atoms with Crippen molar-refractivity contribution in [1.82, 2.24) is 16.0 Å². The van der Waals surface area contributed by atoms with Crippen LogP contribution in [0.3, 0.4) is 0 Å². The van der Waals surface area contributed by atoms with Gasteiger partial charge in [0.15, 0.2) is 18.1 Å². The van der Waals surface area contributed by atoms with E-state index in [1.807, 2.05) is 30.3 Å². The standard InChI is InChI=1S/C25H31N3O6.ClH/c1-31-21-7-3-16-4-8-24(29)27-13-17-5-6-18(12-22(17)32-2)34-20-9-10-26-14-19(20)28-25(30)15-33-23(21)11-16;/h3,5-7,11-12,19-20,26H,4,8-10,13-15H2,1-2H3,(H,27,29)(H,28,30);1H/t19-,20+;/m1./s1. The lowest BCUT2D eigenvalue weighted by Gasteiger charge is -2.33. The van der Waals surface area contributed by atoms with Crippen LogP contribution in [0.15, 0.2) is 36.4 Å². The van der Waals surface area contributed by atoms with Crippen molar-refractivity contribution in [2.75, 3.05) is 33.9 Å². The van der Waals surface area contributed by atoms with Gasteiger partial charge in [0, 0.05) is 31.1 Å². The van der Waals surface area contributed by atoms with Crippen molar-refractivity contribution < 1.29 is 28.5 Å². The lowest BCUT2D eigenvalue weighted by molar-refractivity contribution is -0.124. The van der Waals surface area contributed by atoms with Crippen LogP contribution in [0.25, 0.3) is 0 Å². The van der Waals surface area contributed by atoms with Crippen LogP contribution in [0.2, 0.25) is 0 Å². The van der Waals surface area contributed by atoms with Gasteiger partial charge in [0.25, 0.3) is 5.91 Å². The fraction of sp³-hybridized carbons (Fsp3) is 0.440. The molecule has 9 nitrogen and oxygen atoms in total. The molecule has 2 amide bonds. The maximum atomic E-state index is 12.7. The fourth-order valence-corrected chi connectivity index (χ4v) is 4.16. The smallest absolute Gasteiger partial charge is 0.258 e. The van der Waals surface area contributed by atoms with Crippen LogP contribution in [0, 0.1) is 0 Å². The molecule has 1 fully saturated rings. The number of carbonyl (C=O) groups is 2. The number of hydrogen-bond acceptors (Lipinski definition) is 7. The molecule has 3 heterocycles. The molecule has 0 saturated carbocycles. The molecule has 10 heteroatoms. The number of nitrogens with one attached hydrogen (secondary N) is 3. The Bertz CT molecular complexity index is 1030. The summed E-state index contributed by atoms with van der Waals surface area (Å²) in [5.74, 6) is 1.95. The van der Waals surface area contributed by atoms with Crippen molar-refractivity contribution in [1.29, 1.82) is 0 Å². The first-order chi connectivity index (χ1) is 16.6. The maximum absolute atomic E-state index is 12.7. The van der Waals surface area contributed by atoms with Crippen LogP contribution in [-0.2, 0) is 22.6 Å². The topological polar surface area (TPSA) is 107 Å². The Labute approximate surface area is 211 Å². The summed E-state index contributed by atoms with van der Waals surface area (Å²) >= 11 is 0. The van der Waals surface area contributed by atoms with Crippen LogP contribution in [0.4, 0.5) is 0 Å². The number of fused-ring (bicyclic) bond motifs is 9. The Balaban J connectivity index is 0.00000342. The molecule has 35 heavy (non-hydrogen) atoms. The van der Waals surface area contributed by atoms with Crippen molar-refractivity contribution in [3.8, 4) is 23.0 Å². The van der Waals surface area contributed by atoms with E-state index < -0.39 is 0 Å². The van der Waals surface area contributed by atoms with E-state index in [0.29, 0.717) is 48.9 Å². The molecule has 3 N–H and O–H groups in total. The Morgan fingerprint density at radius 3 is 2.60 bits per heavy atom. The van der Waals surface area contributed by atoms with Gasteiger partial charge in [0.2, 0.25) is 5.91 Å². The van der Waals surface area contributed by atoms with Gasteiger partial charge in [0.05, 0.1) is 20.3 Å². The minimum Gasteiger partial charge on any atom is -0.496 e. The zero-order valence-corrected chi connectivity index (χ0v) is 20.7. The SMILES string of the molecule is COc1cc2ccc1CNC(=O)CCc1ccc(OC)c(c1)OCC(=O)N[C@@H]1CNCC[C@@H]1O2.Cl. The highest BCUT2D eigenvalue weighted by Crippen LogP contribution is 2.29. The van der Waals surface area contributed by atoms with E-state index in [2.05, 4.69) is 16.0 Å². The minimum absolute atomic E-state index is 0. The van der Waals surface area contributed by atoms with Gasteiger partial charge in [0.1, 0.15) is 17.6 Å². The van der Waals surface area contributed by atoms with Gasteiger partial charge in [-0.05, 0) is 49.2 Å². The number of methoxy groups -OCH3 is 2. The predicted molar refractivity (Wildman–Crippen MR) is 133 cm³/mol. The molecule has 2 atom stereocenters.